The molecule has 0 fully saturated rings. The van der Waals surface area contributed by atoms with Gasteiger partial charge in [0.25, 0.3) is 5.91 Å². The molecule has 0 heterocycles. The Kier molecular flexibility index (Phi) is 6.17. The van der Waals surface area contributed by atoms with Gasteiger partial charge in [-0.05, 0) is 30.7 Å². The van der Waals surface area contributed by atoms with E-state index in [-0.39, 0.29) is 18.4 Å². The van der Waals surface area contributed by atoms with Crippen molar-refractivity contribution < 1.29 is 14.3 Å². The van der Waals surface area contributed by atoms with Crippen LogP contribution >= 0.6 is 0 Å². The summed E-state index contributed by atoms with van der Waals surface area (Å²) >= 11 is 0. The monoisotopic (exact) mass is 293 g/mol. The summed E-state index contributed by atoms with van der Waals surface area (Å²) in [5.41, 5.74) is 7.70. The van der Waals surface area contributed by atoms with Crippen molar-refractivity contribution in [3.63, 3.8) is 0 Å². The molecule has 0 spiro atoms. The summed E-state index contributed by atoms with van der Waals surface area (Å²) in [5.74, 6) is -0.363. The lowest BCUT2D eigenvalue weighted by molar-refractivity contribution is -0.129. The third kappa shape index (κ3) is 5.07. The molecule has 21 heavy (non-hydrogen) atoms. The van der Waals surface area contributed by atoms with Gasteiger partial charge in [0.05, 0.1) is 6.61 Å². The average molecular weight is 293 g/mol. The molecule has 2 amide bonds. The summed E-state index contributed by atoms with van der Waals surface area (Å²) in [7, 11) is 4.87. The van der Waals surface area contributed by atoms with Crippen LogP contribution in [0.1, 0.15) is 15.9 Å². The SMILES string of the molecule is COCCN(CC(=O)N(C)C)C(=O)c1cc(C)cc(N)c1. The molecule has 0 radical (unpaired) electrons. The Hall–Kier alpha value is -2.08. The topological polar surface area (TPSA) is 75.9 Å². The van der Waals surface area contributed by atoms with Gasteiger partial charge in [0, 0.05) is 39.0 Å². The lowest BCUT2D eigenvalue weighted by atomic mass is 10.1. The minimum absolute atomic E-state index is 0.0169. The van der Waals surface area contributed by atoms with Gasteiger partial charge >= 0.3 is 0 Å². The highest BCUT2D eigenvalue weighted by atomic mass is 16.5. The fourth-order valence-corrected chi connectivity index (χ4v) is 1.88. The van der Waals surface area contributed by atoms with Crippen molar-refractivity contribution in [1.29, 1.82) is 0 Å². The van der Waals surface area contributed by atoms with Crippen molar-refractivity contribution in [1.82, 2.24) is 9.80 Å². The number of nitrogen functional groups attached to an aromatic ring is 1. The van der Waals surface area contributed by atoms with E-state index in [2.05, 4.69) is 0 Å². The number of nitrogens with zero attached hydrogens (tertiary/aromatic N) is 2. The number of carbonyl (C=O) groups excluding carboxylic acids is 2. The van der Waals surface area contributed by atoms with Gasteiger partial charge < -0.3 is 20.3 Å². The largest absolute Gasteiger partial charge is 0.399 e. The first-order chi connectivity index (χ1) is 9.85. The number of ether oxygens (including phenoxy) is 1. The molecule has 0 saturated heterocycles. The van der Waals surface area contributed by atoms with E-state index in [0.29, 0.717) is 24.4 Å². The maximum absolute atomic E-state index is 12.6. The average Bonchev–Trinajstić information content (AvgIpc) is 2.41. The number of nitrogens with two attached hydrogens (primary N) is 1. The van der Waals surface area contributed by atoms with Gasteiger partial charge in [-0.3, -0.25) is 9.59 Å². The molecule has 0 aromatic heterocycles. The van der Waals surface area contributed by atoms with Gasteiger partial charge in [0.1, 0.15) is 6.54 Å². The summed E-state index contributed by atoms with van der Waals surface area (Å²) in [6.07, 6.45) is 0. The first-order valence-electron chi connectivity index (χ1n) is 6.70. The number of benzene rings is 1. The lowest BCUT2D eigenvalue weighted by Crippen LogP contribution is -2.41. The molecule has 0 unspecified atom stereocenters. The van der Waals surface area contributed by atoms with Crippen LogP contribution in [0.2, 0.25) is 0 Å². The minimum Gasteiger partial charge on any atom is -0.399 e. The molecule has 1 aromatic rings. The number of likely N-dealkylation sites (N-methyl/N-ethyl adjacent to an activating group) is 1. The van der Waals surface area contributed by atoms with Crippen LogP contribution in [0.3, 0.4) is 0 Å². The Labute approximate surface area is 125 Å². The summed E-state index contributed by atoms with van der Waals surface area (Å²) in [6.45, 7) is 2.61. The molecule has 6 heteroatoms. The van der Waals surface area contributed by atoms with Crippen molar-refractivity contribution in [3.05, 3.63) is 29.3 Å². The zero-order valence-corrected chi connectivity index (χ0v) is 13.0. The quantitative estimate of drug-likeness (QED) is 0.785. The van der Waals surface area contributed by atoms with Crippen molar-refractivity contribution in [3.8, 4) is 0 Å². The number of carbonyl (C=O) groups is 2. The molecule has 1 aromatic carbocycles. The smallest absolute Gasteiger partial charge is 0.254 e. The van der Waals surface area contributed by atoms with E-state index in [0.717, 1.165) is 5.56 Å². The minimum atomic E-state index is -0.224. The van der Waals surface area contributed by atoms with E-state index >= 15 is 0 Å². The van der Waals surface area contributed by atoms with Crippen LogP contribution in [-0.4, -0.2) is 62.5 Å². The first-order valence-corrected chi connectivity index (χ1v) is 6.70. The van der Waals surface area contributed by atoms with Gasteiger partial charge in [-0.25, -0.2) is 0 Å². The predicted octanol–water partition coefficient (Wildman–Crippen LogP) is 0.754. The van der Waals surface area contributed by atoms with Gasteiger partial charge in [-0.2, -0.15) is 0 Å². The molecule has 1 rings (SSSR count). The standard InChI is InChI=1S/C15H23N3O3/c1-11-7-12(9-13(16)8-11)15(20)18(5-6-21-4)10-14(19)17(2)3/h7-9H,5-6,10,16H2,1-4H3. The Morgan fingerprint density at radius 2 is 1.90 bits per heavy atom. The normalized spacial score (nSPS) is 10.3. The maximum atomic E-state index is 12.6. The highest BCUT2D eigenvalue weighted by molar-refractivity contribution is 5.97. The fraction of sp³-hybridized carbons (Fsp3) is 0.467. The summed E-state index contributed by atoms with van der Waals surface area (Å²) < 4.78 is 5.00. The van der Waals surface area contributed by atoms with E-state index in [1.54, 1.807) is 39.4 Å². The van der Waals surface area contributed by atoms with Crippen molar-refractivity contribution in [2.45, 2.75) is 6.92 Å². The second-order valence-corrected chi connectivity index (χ2v) is 5.14. The predicted molar refractivity (Wildman–Crippen MR) is 82.1 cm³/mol. The number of hydrogen-bond acceptors (Lipinski definition) is 4. The molecule has 0 saturated carbocycles. The molecular weight excluding hydrogens is 270 g/mol. The van der Waals surface area contributed by atoms with Crippen LogP contribution in [0, 0.1) is 6.92 Å². The number of anilines is 1. The molecule has 0 aliphatic heterocycles. The molecule has 116 valence electrons. The maximum Gasteiger partial charge on any atom is 0.254 e. The fourth-order valence-electron chi connectivity index (χ4n) is 1.88. The highest BCUT2D eigenvalue weighted by Crippen LogP contribution is 2.13. The van der Waals surface area contributed by atoms with E-state index < -0.39 is 0 Å². The lowest BCUT2D eigenvalue weighted by Gasteiger charge is -2.24. The van der Waals surface area contributed by atoms with Gasteiger partial charge in [-0.15, -0.1) is 0 Å². The number of aryl methyl sites for hydroxylation is 1. The second-order valence-electron chi connectivity index (χ2n) is 5.14. The van der Waals surface area contributed by atoms with Gasteiger partial charge in [0.15, 0.2) is 0 Å². The second kappa shape index (κ2) is 7.64. The molecule has 0 bridgehead atoms. The molecule has 2 N–H and O–H groups in total. The number of amides is 2. The van der Waals surface area contributed by atoms with Gasteiger partial charge in [0.2, 0.25) is 5.91 Å². The molecule has 0 aliphatic carbocycles. The third-order valence-electron chi connectivity index (χ3n) is 3.02. The van der Waals surface area contributed by atoms with Crippen LogP contribution in [0.15, 0.2) is 18.2 Å². The number of methoxy groups -OCH3 is 1. The third-order valence-corrected chi connectivity index (χ3v) is 3.02. The summed E-state index contributed by atoms with van der Waals surface area (Å²) in [4.78, 5) is 27.3. The number of hydrogen-bond donors (Lipinski definition) is 1. The van der Waals surface area contributed by atoms with Crippen molar-refractivity contribution >= 4 is 17.5 Å². The highest BCUT2D eigenvalue weighted by Gasteiger charge is 2.20. The van der Waals surface area contributed by atoms with Crippen molar-refractivity contribution in [2.75, 3.05) is 46.6 Å². The van der Waals surface area contributed by atoms with Gasteiger partial charge in [-0.1, -0.05) is 0 Å². The Morgan fingerprint density at radius 3 is 2.43 bits per heavy atom. The Morgan fingerprint density at radius 1 is 1.24 bits per heavy atom. The van der Waals surface area contributed by atoms with E-state index in [1.165, 1.54) is 9.80 Å². The summed E-state index contributed by atoms with van der Waals surface area (Å²) in [6, 6.07) is 5.18. The Bertz CT molecular complexity index is 495. The first kappa shape index (κ1) is 17.0. The molecule has 6 nitrogen and oxygen atoms in total. The van der Waals surface area contributed by atoms with E-state index in [4.69, 9.17) is 10.5 Å². The van der Waals surface area contributed by atoms with Crippen LogP contribution in [0.5, 0.6) is 0 Å². The van der Waals surface area contributed by atoms with Crippen LogP contribution < -0.4 is 5.73 Å². The van der Waals surface area contributed by atoms with Crippen LogP contribution in [0.4, 0.5) is 5.69 Å². The molecular formula is C15H23N3O3. The van der Waals surface area contributed by atoms with E-state index in [1.807, 2.05) is 6.92 Å². The van der Waals surface area contributed by atoms with Crippen molar-refractivity contribution in [2.24, 2.45) is 0 Å². The van der Waals surface area contributed by atoms with E-state index in [9.17, 15) is 9.59 Å². The Balaban J connectivity index is 2.95. The summed E-state index contributed by atoms with van der Waals surface area (Å²) in [5, 5.41) is 0. The molecule has 0 aliphatic rings. The number of rotatable bonds is 6. The molecule has 0 atom stereocenters. The zero-order valence-electron chi connectivity index (χ0n) is 13.0. The van der Waals surface area contributed by atoms with Crippen LogP contribution in [-0.2, 0) is 9.53 Å². The zero-order chi connectivity index (χ0) is 16.0. The van der Waals surface area contributed by atoms with Crippen LogP contribution in [0.25, 0.3) is 0 Å².